The van der Waals surface area contributed by atoms with E-state index in [0.29, 0.717) is 23.1 Å². The Morgan fingerprint density at radius 2 is 2.07 bits per heavy atom. The Morgan fingerprint density at radius 3 is 2.57 bits per heavy atom. The first-order chi connectivity index (χ1) is 6.61. The van der Waals surface area contributed by atoms with Gasteiger partial charge in [-0.1, -0.05) is 0 Å². The van der Waals surface area contributed by atoms with Gasteiger partial charge in [0.25, 0.3) is 0 Å². The first kappa shape index (κ1) is 10.5. The third-order valence-corrected chi connectivity index (χ3v) is 2.14. The van der Waals surface area contributed by atoms with Gasteiger partial charge in [-0.15, -0.1) is 0 Å². The van der Waals surface area contributed by atoms with Crippen molar-refractivity contribution < 1.29 is 19.1 Å². The average Bonchev–Trinajstić information content (AvgIpc) is 2.46. The summed E-state index contributed by atoms with van der Waals surface area (Å²) in [4.78, 5) is 22.7. The Hall–Kier alpha value is -1.58. The van der Waals surface area contributed by atoms with Crippen LogP contribution in [0.2, 0.25) is 0 Å². The van der Waals surface area contributed by atoms with E-state index in [-0.39, 0.29) is 5.78 Å². The molecule has 0 bridgehead atoms. The van der Waals surface area contributed by atoms with E-state index in [4.69, 9.17) is 4.74 Å². The normalized spacial score (nSPS) is 19.1. The summed E-state index contributed by atoms with van der Waals surface area (Å²) in [5.74, 6) is -0.595. The third kappa shape index (κ3) is 1.69. The zero-order chi connectivity index (χ0) is 10.7. The first-order valence-corrected chi connectivity index (χ1v) is 4.16. The quantitative estimate of drug-likeness (QED) is 0.375. The number of carbonyl (C=O) groups excluding carboxylic acids is 2. The molecule has 1 aliphatic rings. The molecule has 0 aromatic rings. The summed E-state index contributed by atoms with van der Waals surface area (Å²) in [5.41, 5.74) is 1.35. The predicted octanol–water partition coefficient (Wildman–Crippen LogP) is 0.979. The van der Waals surface area contributed by atoms with E-state index in [2.05, 4.69) is 4.74 Å². The molecule has 0 aromatic carbocycles. The molecule has 0 saturated carbocycles. The Kier molecular flexibility index (Phi) is 3.06. The summed E-state index contributed by atoms with van der Waals surface area (Å²) in [6.07, 6.45) is 1.66. The molecular weight excluding hydrogens is 184 g/mol. The molecule has 76 valence electrons. The molecule has 0 atom stereocenters. The second kappa shape index (κ2) is 4.09. The number of hydrogen-bond acceptors (Lipinski definition) is 4. The number of rotatable bonds is 2. The largest absolute Gasteiger partial charge is 0.504 e. The first-order valence-electron chi connectivity index (χ1n) is 4.16. The van der Waals surface area contributed by atoms with Crippen molar-refractivity contribution in [2.75, 3.05) is 14.2 Å². The Labute approximate surface area is 82.2 Å². The van der Waals surface area contributed by atoms with Gasteiger partial charge in [0.05, 0.1) is 20.5 Å². The molecule has 4 heteroatoms. The van der Waals surface area contributed by atoms with E-state index >= 15 is 0 Å². The number of carbonyl (C=O) groups is 2. The van der Waals surface area contributed by atoms with Crippen molar-refractivity contribution in [2.45, 2.75) is 13.3 Å². The fraction of sp³-hybridized carbons (Fsp3) is 0.400. The molecule has 14 heavy (non-hydrogen) atoms. The lowest BCUT2D eigenvalue weighted by Gasteiger charge is -1.98. The van der Waals surface area contributed by atoms with Crippen LogP contribution in [0, 0.1) is 0 Å². The lowest BCUT2D eigenvalue weighted by Crippen LogP contribution is -2.04. The van der Waals surface area contributed by atoms with Crippen molar-refractivity contribution >= 4 is 11.8 Å². The number of allylic oxidation sites excluding steroid dienone is 2. The number of esters is 1. The molecule has 0 spiro atoms. The van der Waals surface area contributed by atoms with Crippen LogP contribution in [0.3, 0.4) is 0 Å². The van der Waals surface area contributed by atoms with Crippen LogP contribution in [0.25, 0.3) is 0 Å². The maximum absolute atomic E-state index is 11.5. The summed E-state index contributed by atoms with van der Waals surface area (Å²) < 4.78 is 9.31. The van der Waals surface area contributed by atoms with Crippen molar-refractivity contribution in [3.05, 3.63) is 23.0 Å². The fourth-order valence-electron chi connectivity index (χ4n) is 1.37. The molecular formula is C10H12O4. The van der Waals surface area contributed by atoms with E-state index in [1.54, 1.807) is 6.92 Å². The number of ether oxygens (including phenoxy) is 2. The van der Waals surface area contributed by atoms with E-state index in [1.165, 1.54) is 20.5 Å². The van der Waals surface area contributed by atoms with Crippen LogP contribution in [0.5, 0.6) is 0 Å². The van der Waals surface area contributed by atoms with E-state index in [9.17, 15) is 9.59 Å². The minimum atomic E-state index is -0.449. The predicted molar refractivity (Wildman–Crippen MR) is 49.4 cm³/mol. The van der Waals surface area contributed by atoms with E-state index < -0.39 is 5.97 Å². The van der Waals surface area contributed by atoms with Crippen LogP contribution in [0.4, 0.5) is 0 Å². The molecule has 0 unspecified atom stereocenters. The molecule has 0 saturated heterocycles. The van der Waals surface area contributed by atoms with Crippen molar-refractivity contribution in [3.8, 4) is 0 Å². The highest BCUT2D eigenvalue weighted by molar-refractivity contribution is 6.16. The van der Waals surface area contributed by atoms with Gasteiger partial charge in [0.1, 0.15) is 0 Å². The minimum Gasteiger partial charge on any atom is -0.504 e. The maximum atomic E-state index is 11.5. The van der Waals surface area contributed by atoms with Crippen molar-refractivity contribution in [1.29, 1.82) is 0 Å². The highest BCUT2D eigenvalue weighted by Gasteiger charge is 2.29. The fourth-order valence-corrected chi connectivity index (χ4v) is 1.37. The molecule has 0 aliphatic heterocycles. The molecule has 0 N–H and O–H groups in total. The SMILES string of the molecule is CO/C=C1/CC(C(=O)OC)=C(C)C1=O. The van der Waals surface area contributed by atoms with Gasteiger partial charge in [-0.05, 0) is 6.92 Å². The molecule has 4 nitrogen and oxygen atoms in total. The van der Waals surface area contributed by atoms with Gasteiger partial charge in [-0.2, -0.15) is 0 Å². The topological polar surface area (TPSA) is 52.6 Å². The van der Waals surface area contributed by atoms with Gasteiger partial charge >= 0.3 is 5.97 Å². The highest BCUT2D eigenvalue weighted by atomic mass is 16.5. The Morgan fingerprint density at radius 1 is 1.43 bits per heavy atom. The monoisotopic (exact) mass is 196 g/mol. The van der Waals surface area contributed by atoms with Crippen LogP contribution >= 0.6 is 0 Å². The summed E-state index contributed by atoms with van der Waals surface area (Å²) in [6, 6.07) is 0. The molecule has 0 aromatic heterocycles. The van der Waals surface area contributed by atoms with E-state index in [1.807, 2.05) is 0 Å². The summed E-state index contributed by atoms with van der Waals surface area (Å²) in [7, 11) is 2.76. The highest BCUT2D eigenvalue weighted by Crippen LogP contribution is 2.28. The molecule has 0 fully saturated rings. The number of ketones is 1. The van der Waals surface area contributed by atoms with Crippen LogP contribution in [-0.2, 0) is 19.1 Å². The second-order valence-corrected chi connectivity index (χ2v) is 2.98. The summed E-state index contributed by atoms with van der Waals surface area (Å²) in [6.45, 7) is 1.62. The van der Waals surface area contributed by atoms with Crippen LogP contribution < -0.4 is 0 Å². The van der Waals surface area contributed by atoms with Gasteiger partial charge in [-0.3, -0.25) is 4.79 Å². The standard InChI is InChI=1S/C10H12O4/c1-6-8(10(12)14-3)4-7(5-13-2)9(6)11/h5H,4H2,1-3H3/b7-5-. The Bertz CT molecular complexity index is 336. The molecule has 1 aliphatic carbocycles. The van der Waals surface area contributed by atoms with Crippen LogP contribution in [0.15, 0.2) is 23.0 Å². The van der Waals surface area contributed by atoms with E-state index in [0.717, 1.165) is 0 Å². The van der Waals surface area contributed by atoms with Gasteiger partial charge in [0.15, 0.2) is 5.78 Å². The van der Waals surface area contributed by atoms with Crippen LogP contribution in [0.1, 0.15) is 13.3 Å². The number of hydrogen-bond donors (Lipinski definition) is 0. The average molecular weight is 196 g/mol. The van der Waals surface area contributed by atoms with Gasteiger partial charge in [-0.25, -0.2) is 4.79 Å². The van der Waals surface area contributed by atoms with Gasteiger partial charge in [0.2, 0.25) is 0 Å². The molecule has 0 amide bonds. The number of methoxy groups -OCH3 is 2. The van der Waals surface area contributed by atoms with Crippen molar-refractivity contribution in [1.82, 2.24) is 0 Å². The van der Waals surface area contributed by atoms with Gasteiger partial charge in [0, 0.05) is 23.1 Å². The zero-order valence-corrected chi connectivity index (χ0v) is 8.42. The minimum absolute atomic E-state index is 0.146. The smallest absolute Gasteiger partial charge is 0.334 e. The Balaban J connectivity index is 2.96. The zero-order valence-electron chi connectivity index (χ0n) is 8.42. The van der Waals surface area contributed by atoms with Crippen molar-refractivity contribution in [2.24, 2.45) is 0 Å². The lowest BCUT2D eigenvalue weighted by molar-refractivity contribution is -0.136. The third-order valence-electron chi connectivity index (χ3n) is 2.14. The lowest BCUT2D eigenvalue weighted by atomic mass is 10.2. The molecule has 0 radical (unpaired) electrons. The second-order valence-electron chi connectivity index (χ2n) is 2.98. The molecule has 1 rings (SSSR count). The maximum Gasteiger partial charge on any atom is 0.334 e. The van der Waals surface area contributed by atoms with Crippen molar-refractivity contribution in [3.63, 3.8) is 0 Å². The summed E-state index contributed by atoms with van der Waals surface area (Å²) in [5, 5.41) is 0. The summed E-state index contributed by atoms with van der Waals surface area (Å²) >= 11 is 0. The van der Waals surface area contributed by atoms with Gasteiger partial charge < -0.3 is 9.47 Å². The molecule has 0 heterocycles. The number of Topliss-reactive ketones (excluding diaryl/α,β-unsaturated/α-hetero) is 1. The van der Waals surface area contributed by atoms with Crippen LogP contribution in [-0.4, -0.2) is 26.0 Å².